The van der Waals surface area contributed by atoms with E-state index in [9.17, 15) is 19.2 Å². The molecule has 1 unspecified atom stereocenters. The molecular weight excluding hydrogens is 348 g/mol. The molecule has 0 radical (unpaired) electrons. The lowest BCUT2D eigenvalue weighted by Crippen LogP contribution is -2.51. The van der Waals surface area contributed by atoms with E-state index in [4.69, 9.17) is 0 Å². The van der Waals surface area contributed by atoms with Gasteiger partial charge in [0.1, 0.15) is 12.1 Å². The van der Waals surface area contributed by atoms with Crippen molar-refractivity contribution in [2.24, 2.45) is 5.92 Å². The summed E-state index contributed by atoms with van der Waals surface area (Å²) in [6.07, 6.45) is 3.13. The highest BCUT2D eigenvalue weighted by molar-refractivity contribution is 5.99. The summed E-state index contributed by atoms with van der Waals surface area (Å²) < 4.78 is 0. The van der Waals surface area contributed by atoms with Crippen molar-refractivity contribution >= 4 is 23.6 Å². The van der Waals surface area contributed by atoms with E-state index in [-0.39, 0.29) is 42.1 Å². The van der Waals surface area contributed by atoms with Crippen LogP contribution >= 0.6 is 0 Å². The number of nitrogens with zero attached hydrogens (tertiary/aromatic N) is 3. The molecule has 3 aliphatic rings. The predicted molar refractivity (Wildman–Crippen MR) is 98.9 cm³/mol. The highest BCUT2D eigenvalue weighted by Crippen LogP contribution is 2.32. The van der Waals surface area contributed by atoms with E-state index in [0.29, 0.717) is 19.4 Å². The molecule has 0 aromatic carbocycles. The van der Waals surface area contributed by atoms with Crippen LogP contribution in [-0.4, -0.2) is 82.6 Å². The molecule has 3 fully saturated rings. The van der Waals surface area contributed by atoms with Crippen molar-refractivity contribution in [1.82, 2.24) is 20.0 Å². The van der Waals surface area contributed by atoms with E-state index in [1.807, 2.05) is 13.8 Å². The number of amides is 4. The van der Waals surface area contributed by atoms with E-state index in [2.05, 4.69) is 5.32 Å². The molecule has 3 rings (SSSR count). The summed E-state index contributed by atoms with van der Waals surface area (Å²) in [5.74, 6) is -0.315. The first-order chi connectivity index (χ1) is 12.8. The number of ketones is 1. The Bertz CT molecular complexity index is 629. The third kappa shape index (κ3) is 3.94. The summed E-state index contributed by atoms with van der Waals surface area (Å²) in [5.41, 5.74) is 0. The quantitative estimate of drug-likeness (QED) is 0.776. The van der Waals surface area contributed by atoms with Crippen molar-refractivity contribution < 1.29 is 19.2 Å². The third-order valence-electron chi connectivity index (χ3n) is 5.71. The number of rotatable bonds is 4. The number of carbonyl (C=O) groups excluding carboxylic acids is 4. The predicted octanol–water partition coefficient (Wildman–Crippen LogP) is 0.607. The zero-order valence-corrected chi connectivity index (χ0v) is 16.4. The van der Waals surface area contributed by atoms with Crippen LogP contribution in [0.5, 0.6) is 0 Å². The third-order valence-corrected chi connectivity index (χ3v) is 5.71. The Balaban J connectivity index is 1.73. The minimum Gasteiger partial charge on any atom is -0.345 e. The lowest BCUT2D eigenvalue weighted by Gasteiger charge is -2.29. The van der Waals surface area contributed by atoms with Crippen LogP contribution in [0.15, 0.2) is 0 Å². The smallest absolute Gasteiger partial charge is 0.320 e. The van der Waals surface area contributed by atoms with E-state index in [0.717, 1.165) is 25.9 Å². The summed E-state index contributed by atoms with van der Waals surface area (Å²) in [5, 5.41) is 2.73. The summed E-state index contributed by atoms with van der Waals surface area (Å²) in [6, 6.07) is -1.53. The number of hydrogen-bond acceptors (Lipinski definition) is 4. The van der Waals surface area contributed by atoms with Crippen molar-refractivity contribution in [1.29, 1.82) is 0 Å². The molecule has 8 heteroatoms. The Labute approximate surface area is 160 Å². The molecule has 27 heavy (non-hydrogen) atoms. The van der Waals surface area contributed by atoms with Gasteiger partial charge in [-0.3, -0.25) is 14.4 Å². The van der Waals surface area contributed by atoms with Crippen LogP contribution in [0.2, 0.25) is 0 Å². The Kier molecular flexibility index (Phi) is 5.72. The standard InChI is InChI=1S/C19H30N4O4/c1-12(2)10-14(20-13(3)24)18(26)23-11-16(25)17-15(23)6-9-22(17)19(27)21-7-4-5-8-21/h12,14-15,17H,4-11H2,1-3H3,(H,20,24)/t14?,15-,17+/m0/s1. The lowest BCUT2D eigenvalue weighted by molar-refractivity contribution is -0.137. The second-order valence-corrected chi connectivity index (χ2v) is 8.29. The molecule has 0 bridgehead atoms. The van der Waals surface area contributed by atoms with Gasteiger partial charge >= 0.3 is 6.03 Å². The van der Waals surface area contributed by atoms with E-state index in [1.165, 1.54) is 6.92 Å². The first-order valence-corrected chi connectivity index (χ1v) is 9.95. The zero-order chi connectivity index (χ0) is 19.7. The number of carbonyl (C=O) groups is 4. The minimum absolute atomic E-state index is 0.0200. The molecule has 150 valence electrons. The second kappa shape index (κ2) is 7.86. The Hall–Kier alpha value is -2.12. The summed E-state index contributed by atoms with van der Waals surface area (Å²) in [4.78, 5) is 55.1. The Morgan fingerprint density at radius 2 is 1.78 bits per heavy atom. The summed E-state index contributed by atoms with van der Waals surface area (Å²) >= 11 is 0. The maximum absolute atomic E-state index is 13.1. The van der Waals surface area contributed by atoms with Crippen molar-refractivity contribution in [3.05, 3.63) is 0 Å². The Morgan fingerprint density at radius 1 is 1.11 bits per heavy atom. The monoisotopic (exact) mass is 378 g/mol. The molecule has 0 aromatic heterocycles. The summed E-state index contributed by atoms with van der Waals surface area (Å²) in [6.45, 7) is 7.37. The molecule has 0 aromatic rings. The second-order valence-electron chi connectivity index (χ2n) is 8.29. The fourth-order valence-corrected chi connectivity index (χ4v) is 4.55. The largest absolute Gasteiger partial charge is 0.345 e. The molecule has 3 heterocycles. The van der Waals surface area contributed by atoms with Gasteiger partial charge in [0, 0.05) is 26.6 Å². The maximum Gasteiger partial charge on any atom is 0.320 e. The number of fused-ring (bicyclic) bond motifs is 1. The highest BCUT2D eigenvalue weighted by Gasteiger charge is 2.52. The van der Waals surface area contributed by atoms with Crippen LogP contribution in [0.25, 0.3) is 0 Å². The fourth-order valence-electron chi connectivity index (χ4n) is 4.55. The number of urea groups is 1. The molecule has 3 saturated heterocycles. The molecular formula is C19H30N4O4. The average Bonchev–Trinajstić information content (AvgIpc) is 3.30. The van der Waals surface area contributed by atoms with Crippen LogP contribution in [0, 0.1) is 5.92 Å². The molecule has 0 spiro atoms. The zero-order valence-electron chi connectivity index (χ0n) is 16.4. The number of hydrogen-bond donors (Lipinski definition) is 1. The molecule has 4 amide bonds. The van der Waals surface area contributed by atoms with Gasteiger partial charge in [0.15, 0.2) is 5.78 Å². The van der Waals surface area contributed by atoms with Gasteiger partial charge in [-0.1, -0.05) is 13.8 Å². The van der Waals surface area contributed by atoms with Crippen LogP contribution in [0.1, 0.15) is 46.5 Å². The van der Waals surface area contributed by atoms with Gasteiger partial charge in [-0.05, 0) is 31.6 Å². The van der Waals surface area contributed by atoms with Gasteiger partial charge < -0.3 is 20.0 Å². The number of likely N-dealkylation sites (tertiary alicyclic amines) is 3. The lowest BCUT2D eigenvalue weighted by atomic mass is 10.0. The molecule has 0 aliphatic carbocycles. The molecule has 1 N–H and O–H groups in total. The van der Waals surface area contributed by atoms with Gasteiger partial charge in [0.05, 0.1) is 12.6 Å². The maximum atomic E-state index is 13.1. The number of nitrogens with one attached hydrogen (secondary N) is 1. The van der Waals surface area contributed by atoms with Gasteiger partial charge in [0.25, 0.3) is 0 Å². The van der Waals surface area contributed by atoms with Crippen LogP contribution in [0.3, 0.4) is 0 Å². The van der Waals surface area contributed by atoms with Gasteiger partial charge in [-0.15, -0.1) is 0 Å². The van der Waals surface area contributed by atoms with Gasteiger partial charge in [0.2, 0.25) is 11.8 Å². The molecule has 3 aliphatic heterocycles. The first kappa shape index (κ1) is 19.6. The van der Waals surface area contributed by atoms with Crippen LogP contribution in [-0.2, 0) is 14.4 Å². The summed E-state index contributed by atoms with van der Waals surface area (Å²) in [7, 11) is 0. The normalized spacial score (nSPS) is 25.9. The van der Waals surface area contributed by atoms with Crippen molar-refractivity contribution in [3.63, 3.8) is 0 Å². The van der Waals surface area contributed by atoms with E-state index < -0.39 is 12.1 Å². The van der Waals surface area contributed by atoms with Crippen molar-refractivity contribution in [3.8, 4) is 0 Å². The molecule has 3 atom stereocenters. The average molecular weight is 378 g/mol. The van der Waals surface area contributed by atoms with Crippen LogP contribution in [0.4, 0.5) is 4.79 Å². The van der Waals surface area contributed by atoms with Crippen molar-refractivity contribution in [2.75, 3.05) is 26.2 Å². The first-order valence-electron chi connectivity index (χ1n) is 9.95. The number of Topliss-reactive ketones (excluding diaryl/α,β-unsaturated/α-hetero) is 1. The van der Waals surface area contributed by atoms with Crippen LogP contribution < -0.4 is 5.32 Å². The van der Waals surface area contributed by atoms with Crippen molar-refractivity contribution in [2.45, 2.75) is 64.6 Å². The SMILES string of the molecule is CC(=O)NC(CC(C)C)C(=O)N1CC(=O)[C@H]2[C@@H]1CCN2C(=O)N1CCCC1. The van der Waals surface area contributed by atoms with Gasteiger partial charge in [-0.2, -0.15) is 0 Å². The minimum atomic E-state index is -0.627. The fraction of sp³-hybridized carbons (Fsp3) is 0.789. The Morgan fingerprint density at radius 3 is 2.37 bits per heavy atom. The highest BCUT2D eigenvalue weighted by atomic mass is 16.2. The molecule has 0 saturated carbocycles. The topological polar surface area (TPSA) is 90.0 Å². The van der Waals surface area contributed by atoms with Gasteiger partial charge in [-0.25, -0.2) is 4.79 Å². The van der Waals surface area contributed by atoms with E-state index in [1.54, 1.807) is 14.7 Å². The van der Waals surface area contributed by atoms with E-state index >= 15 is 0 Å². The molecule has 8 nitrogen and oxygen atoms in total.